The number of anilines is 2. The molecule has 3 aromatic rings. The van der Waals surface area contributed by atoms with E-state index in [9.17, 15) is 4.79 Å². The highest BCUT2D eigenvalue weighted by atomic mass is 16.1. The van der Waals surface area contributed by atoms with Crippen molar-refractivity contribution in [3.8, 4) is 0 Å². The van der Waals surface area contributed by atoms with Gasteiger partial charge in [-0.2, -0.15) is 0 Å². The molecule has 1 aromatic carbocycles. The Morgan fingerprint density at radius 2 is 1.90 bits per heavy atom. The number of hydrogen-bond acceptors (Lipinski definition) is 4. The van der Waals surface area contributed by atoms with Gasteiger partial charge in [-0.1, -0.05) is 0 Å². The highest BCUT2D eigenvalue weighted by Gasteiger charge is 2.07. The molecule has 0 aliphatic rings. The quantitative estimate of drug-likeness (QED) is 0.740. The number of carbonyl (C=O) groups excluding carboxylic acids is 1. The van der Waals surface area contributed by atoms with Crippen LogP contribution in [0, 0.1) is 0 Å². The molecule has 0 unspecified atom stereocenters. The summed E-state index contributed by atoms with van der Waals surface area (Å²) in [5.41, 5.74) is 2.46. The zero-order valence-corrected chi connectivity index (χ0v) is 11.3. The molecule has 1 N–H and O–H groups in total. The number of nitrogens with zero attached hydrogens (tertiary/aromatic N) is 3. The maximum Gasteiger partial charge on any atom is 0.159 e. The van der Waals surface area contributed by atoms with E-state index in [1.54, 1.807) is 19.1 Å². The van der Waals surface area contributed by atoms with Crippen LogP contribution in [0.2, 0.25) is 0 Å². The Morgan fingerprint density at radius 1 is 1.15 bits per heavy atom. The van der Waals surface area contributed by atoms with E-state index in [4.69, 9.17) is 0 Å². The Bertz CT molecular complexity index is 774. The lowest BCUT2D eigenvalue weighted by atomic mass is 10.1. The number of hydrogen-bond donors (Lipinski definition) is 1. The third-order valence-corrected chi connectivity index (χ3v) is 3.22. The molecule has 0 radical (unpaired) electrons. The first-order valence-corrected chi connectivity index (χ1v) is 6.29. The molecule has 0 saturated carbocycles. The summed E-state index contributed by atoms with van der Waals surface area (Å²) < 4.78 is 1.95. The molecule has 0 aliphatic heterocycles. The van der Waals surface area contributed by atoms with Gasteiger partial charge in [0.25, 0.3) is 0 Å². The van der Waals surface area contributed by atoms with Crippen LogP contribution in [-0.2, 0) is 7.05 Å². The maximum atomic E-state index is 11.2. The highest BCUT2D eigenvalue weighted by Crippen LogP contribution is 2.23. The van der Waals surface area contributed by atoms with E-state index in [0.29, 0.717) is 5.56 Å². The molecule has 100 valence electrons. The normalized spacial score (nSPS) is 10.7. The van der Waals surface area contributed by atoms with E-state index in [2.05, 4.69) is 15.3 Å². The molecule has 3 rings (SSSR count). The van der Waals surface area contributed by atoms with Gasteiger partial charge in [0.05, 0.1) is 5.39 Å². The van der Waals surface area contributed by atoms with E-state index >= 15 is 0 Å². The zero-order valence-electron chi connectivity index (χ0n) is 11.3. The van der Waals surface area contributed by atoms with E-state index < -0.39 is 0 Å². The number of benzene rings is 1. The molecular weight excluding hydrogens is 252 g/mol. The lowest BCUT2D eigenvalue weighted by Gasteiger charge is -2.07. The van der Waals surface area contributed by atoms with Crippen molar-refractivity contribution in [3.63, 3.8) is 0 Å². The molecule has 5 heteroatoms. The van der Waals surface area contributed by atoms with Crippen LogP contribution in [0.1, 0.15) is 17.3 Å². The summed E-state index contributed by atoms with van der Waals surface area (Å²) in [6.45, 7) is 1.56. The number of rotatable bonds is 3. The number of ketones is 1. The van der Waals surface area contributed by atoms with Gasteiger partial charge in [0.15, 0.2) is 5.78 Å². The SMILES string of the molecule is CC(=O)c1ccc(Nc2ncnc3c2ccn3C)cc1. The van der Waals surface area contributed by atoms with Gasteiger partial charge in [-0.15, -0.1) is 0 Å². The lowest BCUT2D eigenvalue weighted by molar-refractivity contribution is 0.101. The van der Waals surface area contributed by atoms with E-state index in [0.717, 1.165) is 22.5 Å². The van der Waals surface area contributed by atoms with Crippen molar-refractivity contribution in [3.05, 3.63) is 48.4 Å². The van der Waals surface area contributed by atoms with Crippen molar-refractivity contribution in [2.24, 2.45) is 7.05 Å². The summed E-state index contributed by atoms with van der Waals surface area (Å²) in [5.74, 6) is 0.815. The summed E-state index contributed by atoms with van der Waals surface area (Å²) in [6.07, 6.45) is 3.48. The van der Waals surface area contributed by atoms with Crippen LogP contribution in [0.15, 0.2) is 42.9 Å². The second kappa shape index (κ2) is 4.77. The molecule has 0 spiro atoms. The van der Waals surface area contributed by atoms with Gasteiger partial charge in [-0.05, 0) is 37.3 Å². The summed E-state index contributed by atoms with van der Waals surface area (Å²) in [4.78, 5) is 19.8. The Hall–Kier alpha value is -2.69. The fraction of sp³-hybridized carbons (Fsp3) is 0.133. The molecule has 0 bridgehead atoms. The molecule has 0 amide bonds. The summed E-state index contributed by atoms with van der Waals surface area (Å²) in [6, 6.07) is 9.31. The molecule has 0 aliphatic carbocycles. The Morgan fingerprint density at radius 3 is 2.60 bits per heavy atom. The Labute approximate surface area is 116 Å². The van der Waals surface area contributed by atoms with E-state index in [1.807, 2.05) is 36.0 Å². The molecule has 20 heavy (non-hydrogen) atoms. The van der Waals surface area contributed by atoms with Gasteiger partial charge in [0.1, 0.15) is 17.8 Å². The van der Waals surface area contributed by atoms with Gasteiger partial charge < -0.3 is 9.88 Å². The number of carbonyl (C=O) groups is 1. The average molecular weight is 266 g/mol. The van der Waals surface area contributed by atoms with Crippen molar-refractivity contribution in [2.45, 2.75) is 6.92 Å². The van der Waals surface area contributed by atoms with Crippen LogP contribution in [0.3, 0.4) is 0 Å². The molecule has 0 atom stereocenters. The van der Waals surface area contributed by atoms with Crippen molar-refractivity contribution in [1.29, 1.82) is 0 Å². The topological polar surface area (TPSA) is 59.8 Å². The molecular formula is C15H14N4O. The lowest BCUT2D eigenvalue weighted by Crippen LogP contribution is -1.97. The van der Waals surface area contributed by atoms with Gasteiger partial charge >= 0.3 is 0 Å². The summed E-state index contributed by atoms with van der Waals surface area (Å²) in [5, 5.41) is 4.21. The van der Waals surface area contributed by atoms with E-state index in [1.165, 1.54) is 6.33 Å². The zero-order chi connectivity index (χ0) is 14.1. The van der Waals surface area contributed by atoms with Crippen LogP contribution in [0.4, 0.5) is 11.5 Å². The van der Waals surface area contributed by atoms with Gasteiger partial charge in [0, 0.05) is 24.5 Å². The second-order valence-corrected chi connectivity index (χ2v) is 4.64. The summed E-state index contributed by atoms with van der Waals surface area (Å²) >= 11 is 0. The van der Waals surface area contributed by atoms with Gasteiger partial charge in [0.2, 0.25) is 0 Å². The first-order valence-electron chi connectivity index (χ1n) is 6.29. The summed E-state index contributed by atoms with van der Waals surface area (Å²) in [7, 11) is 1.95. The molecule has 2 aromatic heterocycles. The fourth-order valence-electron chi connectivity index (χ4n) is 2.10. The van der Waals surface area contributed by atoms with Gasteiger partial charge in [-0.3, -0.25) is 4.79 Å². The fourth-order valence-corrected chi connectivity index (χ4v) is 2.10. The molecule has 0 fully saturated rings. The van der Waals surface area contributed by atoms with Crippen LogP contribution >= 0.6 is 0 Å². The molecule has 2 heterocycles. The number of aromatic nitrogens is 3. The number of nitrogens with one attached hydrogen (secondary N) is 1. The third-order valence-electron chi connectivity index (χ3n) is 3.22. The molecule has 5 nitrogen and oxygen atoms in total. The highest BCUT2D eigenvalue weighted by molar-refractivity contribution is 5.94. The first kappa shape index (κ1) is 12.3. The Kier molecular flexibility index (Phi) is 2.95. The third kappa shape index (κ3) is 2.14. The average Bonchev–Trinajstić information content (AvgIpc) is 2.82. The van der Waals surface area contributed by atoms with Crippen molar-refractivity contribution >= 4 is 28.3 Å². The van der Waals surface area contributed by atoms with Crippen LogP contribution < -0.4 is 5.32 Å². The minimum Gasteiger partial charge on any atom is -0.340 e. The van der Waals surface area contributed by atoms with Gasteiger partial charge in [-0.25, -0.2) is 9.97 Å². The predicted octanol–water partition coefficient (Wildman–Crippen LogP) is 2.91. The van der Waals surface area contributed by atoms with Crippen molar-refractivity contribution < 1.29 is 4.79 Å². The Balaban J connectivity index is 1.95. The van der Waals surface area contributed by atoms with E-state index in [-0.39, 0.29) is 5.78 Å². The van der Waals surface area contributed by atoms with Crippen molar-refractivity contribution in [2.75, 3.05) is 5.32 Å². The predicted molar refractivity (Wildman–Crippen MR) is 78.2 cm³/mol. The van der Waals surface area contributed by atoms with Crippen LogP contribution in [-0.4, -0.2) is 20.3 Å². The maximum absolute atomic E-state index is 11.2. The number of aryl methyl sites for hydroxylation is 1. The smallest absolute Gasteiger partial charge is 0.159 e. The largest absolute Gasteiger partial charge is 0.340 e. The van der Waals surface area contributed by atoms with Crippen molar-refractivity contribution in [1.82, 2.24) is 14.5 Å². The standard InChI is InChI=1S/C15H14N4O/c1-10(20)11-3-5-12(6-4-11)18-14-13-7-8-19(2)15(13)17-9-16-14/h3-9H,1-2H3,(H,16,17,18). The monoisotopic (exact) mass is 266 g/mol. The molecule has 0 saturated heterocycles. The number of fused-ring (bicyclic) bond motifs is 1. The minimum absolute atomic E-state index is 0.0593. The first-order chi connectivity index (χ1) is 9.65. The van der Waals surface area contributed by atoms with Crippen LogP contribution in [0.5, 0.6) is 0 Å². The number of Topliss-reactive ketones (excluding diaryl/α,β-unsaturated/α-hetero) is 1. The second-order valence-electron chi connectivity index (χ2n) is 4.64. The van der Waals surface area contributed by atoms with Crippen LogP contribution in [0.25, 0.3) is 11.0 Å². The minimum atomic E-state index is 0.0593.